The number of hydrogen-bond acceptors (Lipinski definition) is 2. The van der Waals surface area contributed by atoms with E-state index in [0.29, 0.717) is 11.8 Å². The Morgan fingerprint density at radius 2 is 2.22 bits per heavy atom. The Bertz CT molecular complexity index is 577. The molecule has 18 heavy (non-hydrogen) atoms. The molecule has 0 spiro atoms. The fourth-order valence-electron chi connectivity index (χ4n) is 2.27. The fraction of sp³-hybridized carbons (Fsp3) is 0.357. The molecule has 0 radical (unpaired) electrons. The van der Waals surface area contributed by atoms with Crippen molar-refractivity contribution >= 4 is 11.6 Å². The van der Waals surface area contributed by atoms with Crippen LogP contribution in [0.3, 0.4) is 0 Å². The maximum Gasteiger partial charge on any atom is 0.133 e. The van der Waals surface area contributed by atoms with Gasteiger partial charge < -0.3 is 4.74 Å². The number of halogens is 1. The quantitative estimate of drug-likeness (QED) is 0.832. The lowest BCUT2D eigenvalue weighted by atomic mass is 10.1. The summed E-state index contributed by atoms with van der Waals surface area (Å²) in [4.78, 5) is 0. The minimum Gasteiger partial charge on any atom is -0.376 e. The first-order chi connectivity index (χ1) is 8.75. The number of fused-ring (bicyclic) bond motifs is 1. The molecule has 0 N–H and O–H groups in total. The molecule has 0 bridgehead atoms. The van der Waals surface area contributed by atoms with Crippen molar-refractivity contribution in [3.63, 3.8) is 0 Å². The summed E-state index contributed by atoms with van der Waals surface area (Å²) in [6.45, 7) is 4.15. The van der Waals surface area contributed by atoms with E-state index in [9.17, 15) is 0 Å². The second-order valence-electron chi connectivity index (χ2n) is 4.60. The lowest BCUT2D eigenvalue weighted by Gasteiger charge is -2.09. The maximum atomic E-state index is 6.36. The number of benzene rings is 1. The van der Waals surface area contributed by atoms with Crippen LogP contribution in [0.4, 0.5) is 0 Å². The van der Waals surface area contributed by atoms with Gasteiger partial charge in [0.2, 0.25) is 0 Å². The zero-order valence-corrected chi connectivity index (χ0v) is 11.1. The lowest BCUT2D eigenvalue weighted by Crippen LogP contribution is -2.08. The summed E-state index contributed by atoms with van der Waals surface area (Å²) < 4.78 is 7.30. The van der Waals surface area contributed by atoms with Gasteiger partial charge in [-0.2, -0.15) is 5.10 Å². The fourth-order valence-corrected chi connectivity index (χ4v) is 2.53. The number of rotatable bonds is 2. The normalized spacial score (nSPS) is 14.6. The maximum absolute atomic E-state index is 6.36. The highest BCUT2D eigenvalue weighted by Crippen LogP contribution is 2.25. The topological polar surface area (TPSA) is 27.1 Å². The van der Waals surface area contributed by atoms with Gasteiger partial charge in [0.15, 0.2) is 0 Å². The van der Waals surface area contributed by atoms with Gasteiger partial charge in [0, 0.05) is 12.0 Å². The van der Waals surface area contributed by atoms with Crippen LogP contribution in [0.1, 0.15) is 22.4 Å². The molecule has 0 saturated heterocycles. The van der Waals surface area contributed by atoms with Crippen LogP contribution in [0.25, 0.3) is 0 Å². The second kappa shape index (κ2) is 4.75. The summed E-state index contributed by atoms with van der Waals surface area (Å²) in [6.07, 6.45) is 0.857. The van der Waals surface area contributed by atoms with Crippen LogP contribution in [0.2, 0.25) is 5.15 Å². The Morgan fingerprint density at radius 1 is 1.39 bits per heavy atom. The Hall–Kier alpha value is -1.32. The summed E-state index contributed by atoms with van der Waals surface area (Å²) in [7, 11) is 0. The summed E-state index contributed by atoms with van der Waals surface area (Å²) in [6, 6.07) is 8.31. The van der Waals surface area contributed by atoms with Crippen molar-refractivity contribution in [3.8, 4) is 0 Å². The molecule has 1 aliphatic heterocycles. The van der Waals surface area contributed by atoms with Crippen molar-refractivity contribution < 1.29 is 4.74 Å². The third-order valence-electron chi connectivity index (χ3n) is 3.38. The van der Waals surface area contributed by atoms with E-state index in [-0.39, 0.29) is 0 Å². The predicted molar refractivity (Wildman–Crippen MR) is 70.9 cm³/mol. The van der Waals surface area contributed by atoms with Gasteiger partial charge in [-0.3, -0.25) is 0 Å². The molecular formula is C14H15ClN2O. The van der Waals surface area contributed by atoms with E-state index >= 15 is 0 Å². The molecule has 3 nitrogen and oxygen atoms in total. The van der Waals surface area contributed by atoms with E-state index in [0.717, 1.165) is 30.8 Å². The van der Waals surface area contributed by atoms with Crippen molar-refractivity contribution in [2.24, 2.45) is 0 Å². The van der Waals surface area contributed by atoms with Crippen molar-refractivity contribution in [2.45, 2.75) is 26.5 Å². The van der Waals surface area contributed by atoms with Crippen molar-refractivity contribution in [1.82, 2.24) is 9.78 Å². The Labute approximate surface area is 111 Å². The lowest BCUT2D eigenvalue weighted by molar-refractivity contribution is 0.110. The SMILES string of the molecule is Cc1ccccc1Cn1nc2c(c1Cl)COCC2. The van der Waals surface area contributed by atoms with E-state index in [4.69, 9.17) is 16.3 Å². The van der Waals surface area contributed by atoms with Gasteiger partial charge in [0.1, 0.15) is 5.15 Å². The largest absolute Gasteiger partial charge is 0.376 e. The molecule has 1 aromatic carbocycles. The van der Waals surface area contributed by atoms with Crippen molar-refractivity contribution in [2.75, 3.05) is 6.61 Å². The third-order valence-corrected chi connectivity index (χ3v) is 3.80. The van der Waals surface area contributed by atoms with Gasteiger partial charge in [-0.1, -0.05) is 35.9 Å². The zero-order chi connectivity index (χ0) is 12.5. The van der Waals surface area contributed by atoms with E-state index in [1.54, 1.807) is 0 Å². The molecule has 0 aliphatic carbocycles. The second-order valence-corrected chi connectivity index (χ2v) is 4.96. The number of aryl methyl sites for hydroxylation is 1. The molecule has 1 aromatic heterocycles. The molecular weight excluding hydrogens is 248 g/mol. The Kier molecular flexibility index (Phi) is 3.10. The highest BCUT2D eigenvalue weighted by atomic mass is 35.5. The predicted octanol–water partition coefficient (Wildman–Crippen LogP) is 2.97. The van der Waals surface area contributed by atoms with Gasteiger partial charge in [0.25, 0.3) is 0 Å². The number of ether oxygens (including phenoxy) is 1. The zero-order valence-electron chi connectivity index (χ0n) is 10.3. The average molecular weight is 263 g/mol. The molecule has 4 heteroatoms. The molecule has 0 unspecified atom stereocenters. The van der Waals surface area contributed by atoms with Gasteiger partial charge >= 0.3 is 0 Å². The summed E-state index contributed by atoms with van der Waals surface area (Å²) in [5.74, 6) is 0. The standard InChI is InChI=1S/C14H15ClN2O/c1-10-4-2-3-5-11(10)8-17-14(15)12-9-18-7-6-13(12)16-17/h2-5H,6-9H2,1H3. The number of aromatic nitrogens is 2. The van der Waals surface area contributed by atoms with E-state index < -0.39 is 0 Å². The molecule has 2 aromatic rings. The molecule has 0 atom stereocenters. The molecule has 94 valence electrons. The van der Waals surface area contributed by atoms with Gasteiger partial charge in [-0.15, -0.1) is 0 Å². The molecule has 2 heterocycles. The van der Waals surface area contributed by atoms with Crippen LogP contribution in [-0.4, -0.2) is 16.4 Å². The highest BCUT2D eigenvalue weighted by molar-refractivity contribution is 6.30. The van der Waals surface area contributed by atoms with E-state index in [2.05, 4.69) is 24.2 Å². The monoisotopic (exact) mass is 262 g/mol. The van der Waals surface area contributed by atoms with Crippen molar-refractivity contribution in [1.29, 1.82) is 0 Å². The minimum atomic E-state index is 0.585. The first-order valence-corrected chi connectivity index (χ1v) is 6.50. The summed E-state index contributed by atoms with van der Waals surface area (Å²) in [5, 5.41) is 5.31. The Morgan fingerprint density at radius 3 is 3.00 bits per heavy atom. The number of nitrogens with zero attached hydrogens (tertiary/aromatic N) is 2. The first kappa shape index (κ1) is 11.8. The first-order valence-electron chi connectivity index (χ1n) is 6.12. The van der Waals surface area contributed by atoms with Gasteiger partial charge in [-0.05, 0) is 18.1 Å². The highest BCUT2D eigenvalue weighted by Gasteiger charge is 2.19. The van der Waals surface area contributed by atoms with Crippen LogP contribution >= 0.6 is 11.6 Å². The van der Waals surface area contributed by atoms with Crippen LogP contribution in [-0.2, 0) is 24.3 Å². The Balaban J connectivity index is 1.94. The smallest absolute Gasteiger partial charge is 0.133 e. The third kappa shape index (κ3) is 2.04. The molecule has 0 amide bonds. The van der Waals surface area contributed by atoms with Crippen LogP contribution in [0.5, 0.6) is 0 Å². The van der Waals surface area contributed by atoms with E-state index in [1.807, 2.05) is 16.8 Å². The summed E-state index contributed by atoms with van der Waals surface area (Å²) in [5.41, 5.74) is 4.65. The summed E-state index contributed by atoms with van der Waals surface area (Å²) >= 11 is 6.36. The minimum absolute atomic E-state index is 0.585. The molecule has 0 saturated carbocycles. The van der Waals surface area contributed by atoms with Gasteiger partial charge in [-0.25, -0.2) is 4.68 Å². The van der Waals surface area contributed by atoms with Crippen LogP contribution in [0, 0.1) is 6.92 Å². The van der Waals surface area contributed by atoms with Crippen LogP contribution < -0.4 is 0 Å². The van der Waals surface area contributed by atoms with Gasteiger partial charge in [0.05, 0.1) is 25.5 Å². The number of hydrogen-bond donors (Lipinski definition) is 0. The van der Waals surface area contributed by atoms with Crippen molar-refractivity contribution in [3.05, 3.63) is 51.8 Å². The molecule has 3 rings (SSSR count). The molecule has 0 fully saturated rings. The van der Waals surface area contributed by atoms with E-state index in [1.165, 1.54) is 11.1 Å². The molecule has 1 aliphatic rings. The average Bonchev–Trinajstić information content (AvgIpc) is 2.70. The van der Waals surface area contributed by atoms with Crippen LogP contribution in [0.15, 0.2) is 24.3 Å².